The van der Waals surface area contributed by atoms with Gasteiger partial charge in [-0.1, -0.05) is 108 Å². The first-order valence-corrected chi connectivity index (χ1v) is 14.1. The Labute approximate surface area is 253 Å². The zero-order chi connectivity index (χ0) is 29.1. The van der Waals surface area contributed by atoms with E-state index in [0.717, 1.165) is 22.3 Å². The minimum atomic E-state index is -0.245. The van der Waals surface area contributed by atoms with Crippen molar-refractivity contribution in [3.05, 3.63) is 153 Å². The first kappa shape index (κ1) is 27.4. The molecule has 2 amide bonds. The third-order valence-corrected chi connectivity index (χ3v) is 7.35. The summed E-state index contributed by atoms with van der Waals surface area (Å²) >= 11 is 12.1. The predicted octanol–water partition coefficient (Wildman–Crippen LogP) is 6.95. The van der Waals surface area contributed by atoms with E-state index in [-0.39, 0.29) is 24.9 Å². The molecule has 0 bridgehead atoms. The molecule has 8 heteroatoms. The Bertz CT molecular complexity index is 1630. The van der Waals surface area contributed by atoms with Gasteiger partial charge in [-0.2, -0.15) is 0 Å². The Balaban J connectivity index is 1.31. The molecule has 2 aliphatic heterocycles. The van der Waals surface area contributed by atoms with Crippen molar-refractivity contribution in [1.82, 2.24) is 9.80 Å². The van der Waals surface area contributed by atoms with Crippen molar-refractivity contribution >= 4 is 58.8 Å². The van der Waals surface area contributed by atoms with Crippen LogP contribution in [-0.4, -0.2) is 46.4 Å². The summed E-state index contributed by atoms with van der Waals surface area (Å²) in [5.41, 5.74) is 3.85. The number of rotatable bonds is 7. The minimum absolute atomic E-state index is 0.219. The maximum atomic E-state index is 13.7. The van der Waals surface area contributed by atoms with Gasteiger partial charge in [0.05, 0.1) is 0 Å². The third-order valence-electron chi connectivity index (χ3n) is 6.85. The molecule has 6 nitrogen and oxygen atoms in total. The lowest BCUT2D eigenvalue weighted by atomic mass is 10.1. The SMILES string of the molecule is O=C1C(=Cc2ccc(Cl)cc2)N=C(c2ccccc2)N1CCN1C(=O)C(=Cc2ccc(Cl)cc2)N=C1c1ccccc1. The number of halogens is 2. The second-order valence-corrected chi connectivity index (χ2v) is 10.6. The second-order valence-electron chi connectivity index (χ2n) is 9.68. The average molecular weight is 591 g/mol. The van der Waals surface area contributed by atoms with E-state index in [0.29, 0.717) is 33.1 Å². The molecule has 0 aliphatic carbocycles. The highest BCUT2D eigenvalue weighted by Crippen LogP contribution is 2.26. The summed E-state index contributed by atoms with van der Waals surface area (Å²) in [6, 6.07) is 33.5. The number of carbonyl (C=O) groups is 2. The summed E-state index contributed by atoms with van der Waals surface area (Å²) in [5.74, 6) is 0.571. The molecule has 0 spiro atoms. The largest absolute Gasteiger partial charge is 0.289 e. The first-order valence-electron chi connectivity index (χ1n) is 13.3. The van der Waals surface area contributed by atoms with Crippen LogP contribution < -0.4 is 0 Å². The fourth-order valence-electron chi connectivity index (χ4n) is 4.77. The van der Waals surface area contributed by atoms with E-state index in [2.05, 4.69) is 0 Å². The molecule has 0 saturated carbocycles. The number of benzene rings is 4. The topological polar surface area (TPSA) is 65.3 Å². The molecule has 0 aromatic heterocycles. The average Bonchev–Trinajstić information content (AvgIpc) is 3.50. The molecule has 0 saturated heterocycles. The molecule has 0 N–H and O–H groups in total. The molecular weight excluding hydrogens is 567 g/mol. The van der Waals surface area contributed by atoms with Gasteiger partial charge < -0.3 is 0 Å². The van der Waals surface area contributed by atoms with Crippen molar-refractivity contribution in [2.75, 3.05) is 13.1 Å². The molecular formula is C34H24Cl2N4O2. The van der Waals surface area contributed by atoms with Gasteiger partial charge in [0, 0.05) is 34.3 Å². The van der Waals surface area contributed by atoms with Crippen LogP contribution in [0.3, 0.4) is 0 Å². The van der Waals surface area contributed by atoms with Crippen molar-refractivity contribution in [3.8, 4) is 0 Å². The highest BCUT2D eigenvalue weighted by Gasteiger charge is 2.35. The summed E-state index contributed by atoms with van der Waals surface area (Å²) in [4.78, 5) is 40.1. The second kappa shape index (κ2) is 12.0. The van der Waals surface area contributed by atoms with Crippen LogP contribution in [0.25, 0.3) is 12.2 Å². The number of nitrogens with zero attached hydrogens (tertiary/aromatic N) is 4. The van der Waals surface area contributed by atoms with Crippen molar-refractivity contribution in [3.63, 3.8) is 0 Å². The Hall–Kier alpha value is -4.78. The molecule has 2 aliphatic rings. The van der Waals surface area contributed by atoms with Crippen LogP contribution in [0.15, 0.2) is 131 Å². The van der Waals surface area contributed by atoms with Crippen LogP contribution in [0, 0.1) is 0 Å². The molecule has 0 unspecified atom stereocenters. The molecule has 42 heavy (non-hydrogen) atoms. The number of aliphatic imine (C=N–C) groups is 2. The predicted molar refractivity (Wildman–Crippen MR) is 168 cm³/mol. The Morgan fingerprint density at radius 2 is 0.881 bits per heavy atom. The Kier molecular flexibility index (Phi) is 7.82. The van der Waals surface area contributed by atoms with Crippen molar-refractivity contribution in [2.45, 2.75) is 0 Å². The van der Waals surface area contributed by atoms with Gasteiger partial charge in [0.1, 0.15) is 23.1 Å². The zero-order valence-electron chi connectivity index (χ0n) is 22.3. The lowest BCUT2D eigenvalue weighted by Gasteiger charge is -2.23. The van der Waals surface area contributed by atoms with Crippen LogP contribution >= 0.6 is 23.2 Å². The number of hydrogen-bond acceptors (Lipinski definition) is 4. The number of amidine groups is 2. The molecule has 206 valence electrons. The fraction of sp³-hybridized carbons (Fsp3) is 0.0588. The van der Waals surface area contributed by atoms with Gasteiger partial charge in [-0.05, 0) is 47.5 Å². The van der Waals surface area contributed by atoms with Crippen LogP contribution in [-0.2, 0) is 9.59 Å². The molecule has 0 atom stereocenters. The smallest absolute Gasteiger partial charge is 0.278 e. The maximum Gasteiger partial charge on any atom is 0.278 e. The first-order chi connectivity index (χ1) is 20.5. The van der Waals surface area contributed by atoms with Gasteiger partial charge in [-0.25, -0.2) is 9.98 Å². The van der Waals surface area contributed by atoms with E-state index in [9.17, 15) is 9.59 Å². The standard InChI is InChI=1S/C34H24Cl2N4O2/c35-27-15-11-23(12-16-27)21-29-33(41)39(31(37-29)25-7-3-1-4-8-25)19-20-40-32(26-9-5-2-6-10-26)38-30(34(40)42)22-24-13-17-28(36)18-14-24/h1-18,21-22H,19-20H2. The van der Waals surface area contributed by atoms with E-state index >= 15 is 0 Å². The highest BCUT2D eigenvalue weighted by atomic mass is 35.5. The summed E-state index contributed by atoms with van der Waals surface area (Å²) in [5, 5.41) is 1.22. The maximum absolute atomic E-state index is 13.7. The molecule has 0 fully saturated rings. The number of amides is 2. The van der Waals surface area contributed by atoms with Gasteiger partial charge in [0.15, 0.2) is 0 Å². The quantitative estimate of drug-likeness (QED) is 0.218. The van der Waals surface area contributed by atoms with Crippen LogP contribution in [0.1, 0.15) is 22.3 Å². The normalized spacial score (nSPS) is 16.9. The summed E-state index contributed by atoms with van der Waals surface area (Å²) in [7, 11) is 0. The van der Waals surface area contributed by atoms with E-state index < -0.39 is 0 Å². The van der Waals surface area contributed by atoms with E-state index in [1.54, 1.807) is 46.2 Å². The van der Waals surface area contributed by atoms with Crippen LogP contribution in [0.5, 0.6) is 0 Å². The molecule has 4 aromatic rings. The van der Waals surface area contributed by atoms with E-state index in [1.807, 2.05) is 84.9 Å². The Morgan fingerprint density at radius 1 is 0.524 bits per heavy atom. The fourth-order valence-corrected chi connectivity index (χ4v) is 5.02. The summed E-state index contributed by atoms with van der Waals surface area (Å²) in [6.45, 7) is 0.437. The monoisotopic (exact) mass is 590 g/mol. The van der Waals surface area contributed by atoms with Gasteiger partial charge in [-0.3, -0.25) is 19.4 Å². The lowest BCUT2D eigenvalue weighted by Crippen LogP contribution is -2.42. The van der Waals surface area contributed by atoms with E-state index in [4.69, 9.17) is 33.2 Å². The third kappa shape index (κ3) is 5.81. The van der Waals surface area contributed by atoms with Gasteiger partial charge in [0.2, 0.25) is 0 Å². The minimum Gasteiger partial charge on any atom is -0.289 e. The molecule has 6 rings (SSSR count). The number of carbonyl (C=O) groups excluding carboxylic acids is 2. The van der Waals surface area contributed by atoms with E-state index in [1.165, 1.54) is 0 Å². The van der Waals surface area contributed by atoms with Crippen molar-refractivity contribution < 1.29 is 9.59 Å². The van der Waals surface area contributed by atoms with Crippen LogP contribution in [0.2, 0.25) is 10.0 Å². The highest BCUT2D eigenvalue weighted by molar-refractivity contribution is 6.31. The lowest BCUT2D eigenvalue weighted by molar-refractivity contribution is -0.125. The van der Waals surface area contributed by atoms with Gasteiger partial charge in [0.25, 0.3) is 11.8 Å². The summed E-state index contributed by atoms with van der Waals surface area (Å²) < 4.78 is 0. The Morgan fingerprint density at radius 3 is 1.24 bits per heavy atom. The molecule has 4 aromatic carbocycles. The zero-order valence-corrected chi connectivity index (χ0v) is 23.8. The van der Waals surface area contributed by atoms with Crippen molar-refractivity contribution in [1.29, 1.82) is 0 Å². The van der Waals surface area contributed by atoms with Crippen LogP contribution in [0.4, 0.5) is 0 Å². The molecule has 2 heterocycles. The molecule has 0 radical (unpaired) electrons. The number of hydrogen-bond donors (Lipinski definition) is 0. The summed E-state index contributed by atoms with van der Waals surface area (Å²) in [6.07, 6.45) is 3.48. The van der Waals surface area contributed by atoms with Gasteiger partial charge in [-0.15, -0.1) is 0 Å². The van der Waals surface area contributed by atoms with Crippen molar-refractivity contribution in [2.24, 2.45) is 9.98 Å². The van der Waals surface area contributed by atoms with Gasteiger partial charge >= 0.3 is 0 Å².